The van der Waals surface area contributed by atoms with Crippen molar-refractivity contribution in [3.05, 3.63) is 33.8 Å². The molecule has 4 heteroatoms. The van der Waals surface area contributed by atoms with Gasteiger partial charge in [-0.15, -0.1) is 0 Å². The Morgan fingerprint density at radius 1 is 1.56 bits per heavy atom. The standard InChI is InChI=1S/C12H16BrNO2/c1-3-16-12(15)7-11(14)9-5-4-8(2)10(13)6-9/h4-6,11H,3,7,14H2,1-2H3. The normalized spacial score (nSPS) is 12.2. The van der Waals surface area contributed by atoms with Crippen molar-refractivity contribution in [2.24, 2.45) is 5.73 Å². The summed E-state index contributed by atoms with van der Waals surface area (Å²) in [4.78, 5) is 11.3. The molecule has 1 aromatic rings. The first-order valence-corrected chi connectivity index (χ1v) is 6.01. The van der Waals surface area contributed by atoms with Gasteiger partial charge in [-0.1, -0.05) is 28.1 Å². The number of halogens is 1. The molecule has 1 rings (SSSR count). The van der Waals surface area contributed by atoms with Gasteiger partial charge in [-0.3, -0.25) is 4.79 Å². The molecule has 0 aliphatic carbocycles. The van der Waals surface area contributed by atoms with Gasteiger partial charge in [-0.2, -0.15) is 0 Å². The summed E-state index contributed by atoms with van der Waals surface area (Å²) in [5, 5.41) is 0. The Morgan fingerprint density at radius 3 is 2.81 bits per heavy atom. The van der Waals surface area contributed by atoms with Crippen LogP contribution in [0.25, 0.3) is 0 Å². The predicted octanol–water partition coefficient (Wildman–Crippen LogP) is 2.71. The number of carbonyl (C=O) groups is 1. The maximum atomic E-state index is 11.3. The molecule has 0 fully saturated rings. The first-order chi connectivity index (χ1) is 7.54. The van der Waals surface area contributed by atoms with Gasteiger partial charge in [0.25, 0.3) is 0 Å². The molecule has 0 aromatic heterocycles. The highest BCUT2D eigenvalue weighted by atomic mass is 79.9. The minimum atomic E-state index is -0.309. The van der Waals surface area contributed by atoms with Crippen molar-refractivity contribution < 1.29 is 9.53 Å². The lowest BCUT2D eigenvalue weighted by atomic mass is 10.0. The third-order valence-corrected chi connectivity index (χ3v) is 3.17. The Hall–Kier alpha value is -0.870. The molecule has 3 nitrogen and oxygen atoms in total. The molecule has 0 aliphatic rings. The van der Waals surface area contributed by atoms with Crippen LogP contribution < -0.4 is 5.73 Å². The van der Waals surface area contributed by atoms with E-state index >= 15 is 0 Å². The molecule has 0 amide bonds. The third-order valence-electron chi connectivity index (χ3n) is 2.32. The zero-order chi connectivity index (χ0) is 12.1. The quantitative estimate of drug-likeness (QED) is 0.866. The Bertz CT molecular complexity index is 379. The van der Waals surface area contributed by atoms with Crippen LogP contribution in [0.2, 0.25) is 0 Å². The first kappa shape index (κ1) is 13.2. The third kappa shape index (κ3) is 3.61. The summed E-state index contributed by atoms with van der Waals surface area (Å²) in [6.07, 6.45) is 0.212. The minimum Gasteiger partial charge on any atom is -0.466 e. The van der Waals surface area contributed by atoms with E-state index in [9.17, 15) is 4.79 Å². The second-order valence-electron chi connectivity index (χ2n) is 3.62. The van der Waals surface area contributed by atoms with Gasteiger partial charge in [0.15, 0.2) is 0 Å². The largest absolute Gasteiger partial charge is 0.466 e. The van der Waals surface area contributed by atoms with Crippen molar-refractivity contribution in [2.45, 2.75) is 26.3 Å². The van der Waals surface area contributed by atoms with E-state index in [1.165, 1.54) is 0 Å². The Morgan fingerprint density at radius 2 is 2.25 bits per heavy atom. The second kappa shape index (κ2) is 6.01. The molecule has 0 saturated carbocycles. The van der Waals surface area contributed by atoms with Gasteiger partial charge in [0, 0.05) is 10.5 Å². The maximum absolute atomic E-state index is 11.3. The molecule has 0 radical (unpaired) electrons. The minimum absolute atomic E-state index is 0.212. The molecule has 88 valence electrons. The van der Waals surface area contributed by atoms with Gasteiger partial charge < -0.3 is 10.5 Å². The molecular formula is C12H16BrNO2. The topological polar surface area (TPSA) is 52.3 Å². The van der Waals surface area contributed by atoms with Crippen molar-refractivity contribution in [3.63, 3.8) is 0 Å². The van der Waals surface area contributed by atoms with Crippen molar-refractivity contribution in [1.82, 2.24) is 0 Å². The van der Waals surface area contributed by atoms with Crippen molar-refractivity contribution in [1.29, 1.82) is 0 Å². The van der Waals surface area contributed by atoms with Crippen molar-refractivity contribution >= 4 is 21.9 Å². The predicted molar refractivity (Wildman–Crippen MR) is 67.1 cm³/mol. The first-order valence-electron chi connectivity index (χ1n) is 5.21. The van der Waals surface area contributed by atoms with Gasteiger partial charge in [0.05, 0.1) is 13.0 Å². The molecule has 0 aliphatic heterocycles. The van der Waals surface area contributed by atoms with E-state index in [2.05, 4.69) is 15.9 Å². The number of aryl methyl sites for hydroxylation is 1. The smallest absolute Gasteiger partial charge is 0.307 e. The van der Waals surface area contributed by atoms with E-state index in [1.54, 1.807) is 6.92 Å². The van der Waals surface area contributed by atoms with Crippen LogP contribution in [-0.4, -0.2) is 12.6 Å². The van der Waals surface area contributed by atoms with Crippen LogP contribution in [0.5, 0.6) is 0 Å². The van der Waals surface area contributed by atoms with Crippen LogP contribution in [0.4, 0.5) is 0 Å². The maximum Gasteiger partial charge on any atom is 0.307 e. The number of benzene rings is 1. The fourth-order valence-corrected chi connectivity index (χ4v) is 1.75. The second-order valence-corrected chi connectivity index (χ2v) is 4.48. The lowest BCUT2D eigenvalue weighted by Crippen LogP contribution is -2.17. The number of rotatable bonds is 4. The van der Waals surface area contributed by atoms with Gasteiger partial charge in [0.2, 0.25) is 0 Å². The molecule has 1 unspecified atom stereocenters. The molecule has 0 bridgehead atoms. The summed E-state index contributed by atoms with van der Waals surface area (Å²) in [5.41, 5.74) is 8.00. The van der Waals surface area contributed by atoms with Crippen LogP contribution >= 0.6 is 15.9 Å². The van der Waals surface area contributed by atoms with E-state index < -0.39 is 0 Å². The average Bonchev–Trinajstić information content (AvgIpc) is 2.22. The van der Waals surface area contributed by atoms with Crippen LogP contribution in [0.15, 0.2) is 22.7 Å². The van der Waals surface area contributed by atoms with Crippen LogP contribution in [0.1, 0.15) is 30.5 Å². The highest BCUT2D eigenvalue weighted by Gasteiger charge is 2.12. The lowest BCUT2D eigenvalue weighted by molar-refractivity contribution is -0.143. The van der Waals surface area contributed by atoms with E-state index in [0.29, 0.717) is 6.61 Å². The zero-order valence-electron chi connectivity index (χ0n) is 9.50. The Labute approximate surface area is 104 Å². The number of ether oxygens (including phenoxy) is 1. The number of hydrogen-bond acceptors (Lipinski definition) is 3. The van der Waals surface area contributed by atoms with Crippen LogP contribution in [-0.2, 0) is 9.53 Å². The summed E-state index contributed by atoms with van der Waals surface area (Å²) in [5.74, 6) is -0.258. The molecule has 0 spiro atoms. The van der Waals surface area contributed by atoms with E-state index in [0.717, 1.165) is 15.6 Å². The Kier molecular flexibility index (Phi) is 4.96. The average molecular weight is 286 g/mol. The SMILES string of the molecule is CCOC(=O)CC(N)c1ccc(C)c(Br)c1. The molecule has 0 saturated heterocycles. The van der Waals surface area contributed by atoms with E-state index in [4.69, 9.17) is 10.5 Å². The summed E-state index contributed by atoms with van der Waals surface area (Å²) in [6, 6.07) is 5.55. The zero-order valence-corrected chi connectivity index (χ0v) is 11.1. The van der Waals surface area contributed by atoms with Crippen LogP contribution in [0, 0.1) is 6.92 Å². The van der Waals surface area contributed by atoms with Gasteiger partial charge >= 0.3 is 5.97 Å². The summed E-state index contributed by atoms with van der Waals surface area (Å²) >= 11 is 3.44. The number of carbonyl (C=O) groups excluding carboxylic acids is 1. The van der Waals surface area contributed by atoms with Crippen molar-refractivity contribution in [2.75, 3.05) is 6.61 Å². The summed E-state index contributed by atoms with van der Waals surface area (Å²) in [6.45, 7) is 4.18. The monoisotopic (exact) mass is 285 g/mol. The molecule has 2 N–H and O–H groups in total. The van der Waals surface area contributed by atoms with Gasteiger partial charge in [-0.25, -0.2) is 0 Å². The molecular weight excluding hydrogens is 270 g/mol. The van der Waals surface area contributed by atoms with Crippen molar-refractivity contribution in [3.8, 4) is 0 Å². The number of hydrogen-bond donors (Lipinski definition) is 1. The van der Waals surface area contributed by atoms with Crippen LogP contribution in [0.3, 0.4) is 0 Å². The Balaban J connectivity index is 2.69. The fraction of sp³-hybridized carbons (Fsp3) is 0.417. The molecule has 16 heavy (non-hydrogen) atoms. The lowest BCUT2D eigenvalue weighted by Gasteiger charge is -2.12. The number of nitrogens with two attached hydrogens (primary N) is 1. The van der Waals surface area contributed by atoms with E-state index in [1.807, 2.05) is 25.1 Å². The summed E-state index contributed by atoms with van der Waals surface area (Å²) < 4.78 is 5.86. The van der Waals surface area contributed by atoms with E-state index in [-0.39, 0.29) is 18.4 Å². The van der Waals surface area contributed by atoms with Gasteiger partial charge in [-0.05, 0) is 31.0 Å². The molecule has 1 aromatic carbocycles. The number of esters is 1. The highest BCUT2D eigenvalue weighted by molar-refractivity contribution is 9.10. The fourth-order valence-electron chi connectivity index (χ4n) is 1.36. The molecule has 1 atom stereocenters. The highest BCUT2D eigenvalue weighted by Crippen LogP contribution is 2.22. The van der Waals surface area contributed by atoms with Gasteiger partial charge in [0.1, 0.15) is 0 Å². The molecule has 0 heterocycles. The summed E-state index contributed by atoms with van der Waals surface area (Å²) in [7, 11) is 0.